The molecule has 0 amide bonds. The van der Waals surface area contributed by atoms with Crippen LogP contribution in [-0.4, -0.2) is 25.1 Å². The fourth-order valence-corrected chi connectivity index (χ4v) is 3.24. The summed E-state index contributed by atoms with van der Waals surface area (Å²) in [6.45, 7) is 4.05. The number of rotatable bonds is 5. The van der Waals surface area contributed by atoms with Crippen LogP contribution < -0.4 is 0 Å². The third-order valence-corrected chi connectivity index (χ3v) is 4.60. The van der Waals surface area contributed by atoms with Crippen molar-refractivity contribution in [3.05, 3.63) is 69.3 Å². The maximum atomic E-state index is 10.7. The molecule has 0 radical (unpaired) electrons. The molecule has 0 aliphatic rings. The molecule has 1 aromatic heterocycles. The molecule has 7 nitrogen and oxygen atoms in total. The van der Waals surface area contributed by atoms with Crippen LogP contribution in [0.1, 0.15) is 16.7 Å². The van der Waals surface area contributed by atoms with E-state index in [1.165, 1.54) is 23.9 Å². The first-order valence-electron chi connectivity index (χ1n) is 7.27. The van der Waals surface area contributed by atoms with Gasteiger partial charge in [-0.3, -0.25) is 10.1 Å². The maximum Gasteiger partial charge on any atom is 0.269 e. The Morgan fingerprint density at radius 3 is 2.42 bits per heavy atom. The number of hydrogen-bond acceptors (Lipinski definition) is 6. The SMILES string of the molecule is Cc1cccc(C)c1-n1nnnc1SCc1ccc([N+](=O)[O-])cc1. The van der Waals surface area contributed by atoms with Gasteiger partial charge < -0.3 is 0 Å². The van der Waals surface area contributed by atoms with Gasteiger partial charge in [0.2, 0.25) is 5.16 Å². The minimum Gasteiger partial charge on any atom is -0.258 e. The molecule has 8 heteroatoms. The second kappa shape index (κ2) is 6.79. The Balaban J connectivity index is 1.80. The van der Waals surface area contributed by atoms with E-state index in [9.17, 15) is 10.1 Å². The molecule has 0 atom stereocenters. The van der Waals surface area contributed by atoms with Gasteiger partial charge in [0.05, 0.1) is 10.6 Å². The zero-order valence-corrected chi connectivity index (χ0v) is 14.0. The monoisotopic (exact) mass is 341 g/mol. The van der Waals surface area contributed by atoms with Crippen LogP contribution in [0.3, 0.4) is 0 Å². The number of hydrogen-bond donors (Lipinski definition) is 0. The highest BCUT2D eigenvalue weighted by Gasteiger charge is 2.13. The zero-order valence-electron chi connectivity index (χ0n) is 13.2. The normalized spacial score (nSPS) is 10.8. The number of aryl methyl sites for hydroxylation is 2. The lowest BCUT2D eigenvalue weighted by molar-refractivity contribution is -0.384. The van der Waals surface area contributed by atoms with Crippen molar-refractivity contribution in [2.45, 2.75) is 24.8 Å². The van der Waals surface area contributed by atoms with E-state index in [1.807, 2.05) is 32.0 Å². The molecule has 3 aromatic rings. The number of nitro groups is 1. The third kappa shape index (κ3) is 3.28. The molecule has 0 unspecified atom stereocenters. The van der Waals surface area contributed by atoms with Gasteiger partial charge in [0.15, 0.2) is 0 Å². The summed E-state index contributed by atoms with van der Waals surface area (Å²) in [5, 5.41) is 23.4. The smallest absolute Gasteiger partial charge is 0.258 e. The Kier molecular flexibility index (Phi) is 4.57. The first-order valence-corrected chi connectivity index (χ1v) is 8.26. The molecule has 0 fully saturated rings. The summed E-state index contributed by atoms with van der Waals surface area (Å²) in [5.74, 6) is 0.628. The topological polar surface area (TPSA) is 86.7 Å². The number of benzene rings is 2. The van der Waals surface area contributed by atoms with Crippen LogP contribution in [-0.2, 0) is 5.75 Å². The lowest BCUT2D eigenvalue weighted by atomic mass is 10.1. The molecule has 0 saturated carbocycles. The number of nitrogens with zero attached hydrogens (tertiary/aromatic N) is 5. The van der Waals surface area contributed by atoms with Crippen molar-refractivity contribution in [2.75, 3.05) is 0 Å². The molecule has 3 rings (SSSR count). The number of tetrazole rings is 1. The van der Waals surface area contributed by atoms with E-state index in [0.717, 1.165) is 22.4 Å². The molecule has 0 spiro atoms. The fourth-order valence-electron chi connectivity index (χ4n) is 2.41. The lowest BCUT2D eigenvalue weighted by Gasteiger charge is -2.10. The minimum atomic E-state index is -0.404. The summed E-state index contributed by atoms with van der Waals surface area (Å²) < 4.78 is 1.74. The van der Waals surface area contributed by atoms with E-state index in [2.05, 4.69) is 15.5 Å². The lowest BCUT2D eigenvalue weighted by Crippen LogP contribution is -2.04. The van der Waals surface area contributed by atoms with Crippen molar-refractivity contribution in [3.8, 4) is 5.69 Å². The largest absolute Gasteiger partial charge is 0.269 e. The van der Waals surface area contributed by atoms with E-state index in [1.54, 1.807) is 16.8 Å². The Morgan fingerprint density at radius 1 is 1.12 bits per heavy atom. The van der Waals surface area contributed by atoms with Gasteiger partial charge in [-0.1, -0.05) is 42.1 Å². The predicted molar refractivity (Wildman–Crippen MR) is 91.3 cm³/mol. The average Bonchev–Trinajstić information content (AvgIpc) is 3.01. The molecule has 0 N–H and O–H groups in total. The number of thioether (sulfide) groups is 1. The van der Waals surface area contributed by atoms with Crippen LogP contribution in [0.5, 0.6) is 0 Å². The van der Waals surface area contributed by atoms with Crippen molar-refractivity contribution in [1.29, 1.82) is 0 Å². The summed E-state index contributed by atoms with van der Waals surface area (Å²) in [6.07, 6.45) is 0. The van der Waals surface area contributed by atoms with Crippen molar-refractivity contribution in [3.63, 3.8) is 0 Å². The van der Waals surface area contributed by atoms with Crippen molar-refractivity contribution >= 4 is 17.4 Å². The average molecular weight is 341 g/mol. The highest BCUT2D eigenvalue weighted by molar-refractivity contribution is 7.98. The number of non-ortho nitro benzene ring substituents is 1. The van der Waals surface area contributed by atoms with Gasteiger partial charge in [-0.25, -0.2) is 0 Å². The molecule has 0 saturated heterocycles. The third-order valence-electron chi connectivity index (χ3n) is 3.61. The molecular formula is C16H15N5O2S. The van der Waals surface area contributed by atoms with Crippen molar-refractivity contribution < 1.29 is 4.92 Å². The van der Waals surface area contributed by atoms with Gasteiger partial charge in [0, 0.05) is 17.9 Å². The zero-order chi connectivity index (χ0) is 17.1. The Hall–Kier alpha value is -2.74. The highest BCUT2D eigenvalue weighted by Crippen LogP contribution is 2.26. The van der Waals surface area contributed by atoms with Crippen molar-refractivity contribution in [2.24, 2.45) is 0 Å². The molecule has 122 valence electrons. The highest BCUT2D eigenvalue weighted by atomic mass is 32.2. The van der Waals surface area contributed by atoms with Crippen LogP contribution in [0.15, 0.2) is 47.6 Å². The molecular weight excluding hydrogens is 326 g/mol. The first kappa shape index (κ1) is 16.1. The second-order valence-electron chi connectivity index (χ2n) is 5.33. The van der Waals surface area contributed by atoms with Crippen LogP contribution in [0.25, 0.3) is 5.69 Å². The standard InChI is InChI=1S/C16H15N5O2S/c1-11-4-3-5-12(2)15(11)20-16(17-18-19-20)24-10-13-6-8-14(9-7-13)21(22)23/h3-9H,10H2,1-2H3. The maximum absolute atomic E-state index is 10.7. The quantitative estimate of drug-likeness (QED) is 0.401. The van der Waals surface area contributed by atoms with E-state index >= 15 is 0 Å². The first-order chi connectivity index (χ1) is 11.6. The van der Waals surface area contributed by atoms with E-state index in [4.69, 9.17) is 0 Å². The second-order valence-corrected chi connectivity index (χ2v) is 6.27. The van der Waals surface area contributed by atoms with Crippen LogP contribution >= 0.6 is 11.8 Å². The molecule has 0 aliphatic carbocycles. The summed E-state index contributed by atoms with van der Waals surface area (Å²) in [5.41, 5.74) is 4.23. The molecule has 0 bridgehead atoms. The molecule has 1 heterocycles. The summed E-state index contributed by atoms with van der Waals surface area (Å²) in [7, 11) is 0. The summed E-state index contributed by atoms with van der Waals surface area (Å²) in [6, 6.07) is 12.6. The minimum absolute atomic E-state index is 0.0871. The fraction of sp³-hybridized carbons (Fsp3) is 0.188. The van der Waals surface area contributed by atoms with E-state index < -0.39 is 4.92 Å². The number of para-hydroxylation sites is 1. The van der Waals surface area contributed by atoms with Crippen LogP contribution in [0, 0.1) is 24.0 Å². The molecule has 2 aromatic carbocycles. The Morgan fingerprint density at radius 2 is 1.79 bits per heavy atom. The summed E-state index contributed by atoms with van der Waals surface area (Å²) >= 11 is 1.49. The molecule has 0 aliphatic heterocycles. The van der Waals surface area contributed by atoms with Crippen molar-refractivity contribution in [1.82, 2.24) is 20.2 Å². The predicted octanol–water partition coefficient (Wildman–Crippen LogP) is 3.48. The van der Waals surface area contributed by atoms with Crippen LogP contribution in [0.2, 0.25) is 0 Å². The number of nitro benzene ring substituents is 1. The Labute approximate surface area is 142 Å². The molecule has 24 heavy (non-hydrogen) atoms. The van der Waals surface area contributed by atoms with E-state index in [0.29, 0.717) is 10.9 Å². The van der Waals surface area contributed by atoms with Gasteiger partial charge in [-0.2, -0.15) is 4.68 Å². The van der Waals surface area contributed by atoms with Gasteiger partial charge in [-0.15, -0.1) is 5.10 Å². The van der Waals surface area contributed by atoms with Gasteiger partial charge in [0.25, 0.3) is 5.69 Å². The van der Waals surface area contributed by atoms with Crippen LogP contribution in [0.4, 0.5) is 5.69 Å². The van der Waals surface area contributed by atoms with Gasteiger partial charge in [0.1, 0.15) is 0 Å². The van der Waals surface area contributed by atoms with Gasteiger partial charge >= 0.3 is 0 Å². The number of aromatic nitrogens is 4. The summed E-state index contributed by atoms with van der Waals surface area (Å²) in [4.78, 5) is 10.3. The van der Waals surface area contributed by atoms with Gasteiger partial charge in [-0.05, 0) is 41.0 Å². The van der Waals surface area contributed by atoms with E-state index in [-0.39, 0.29) is 5.69 Å². The Bertz CT molecular complexity index is 856.